The van der Waals surface area contributed by atoms with Crippen molar-refractivity contribution in [3.63, 3.8) is 0 Å². The number of carbonyl (C=O) groups excluding carboxylic acids is 1. The molecule has 0 aliphatic heterocycles. The van der Waals surface area contributed by atoms with Gasteiger partial charge in [-0.05, 0) is 30.4 Å². The normalized spacial score (nSPS) is 18.2. The van der Waals surface area contributed by atoms with Crippen LogP contribution in [0.5, 0.6) is 0 Å². The first-order valence-corrected chi connectivity index (χ1v) is 5.87. The summed E-state index contributed by atoms with van der Waals surface area (Å²) in [6, 6.07) is 8.27. The number of benzene rings is 1. The highest BCUT2D eigenvalue weighted by atomic mass is 16.1. The summed E-state index contributed by atoms with van der Waals surface area (Å²) in [5, 5.41) is 10.1. The smallest absolute Gasteiger partial charge is 0.228 e. The maximum absolute atomic E-state index is 11.6. The van der Waals surface area contributed by atoms with Crippen LogP contribution in [0.2, 0.25) is 0 Å². The summed E-state index contributed by atoms with van der Waals surface area (Å²) in [4.78, 5) is 11.6. The van der Waals surface area contributed by atoms with E-state index in [0.717, 1.165) is 19.3 Å². The zero-order valence-electron chi connectivity index (χ0n) is 9.70. The van der Waals surface area contributed by atoms with Gasteiger partial charge in [0.1, 0.15) is 0 Å². The lowest BCUT2D eigenvalue weighted by molar-refractivity contribution is -0.120. The number of amidine groups is 1. The van der Waals surface area contributed by atoms with Crippen LogP contribution in [0.4, 0.5) is 0 Å². The van der Waals surface area contributed by atoms with Crippen molar-refractivity contribution in [3.05, 3.63) is 35.4 Å². The van der Waals surface area contributed by atoms with E-state index in [9.17, 15) is 4.79 Å². The molecule has 1 atom stereocenters. The fourth-order valence-corrected chi connectivity index (χ4v) is 2.32. The first kappa shape index (κ1) is 11.6. The number of nitrogens with two attached hydrogens (primary N) is 1. The molecule has 0 spiro atoms. The minimum Gasteiger partial charge on any atom is -0.387 e. The zero-order chi connectivity index (χ0) is 12.3. The van der Waals surface area contributed by atoms with Gasteiger partial charge in [0.05, 0.1) is 18.3 Å². The molecule has 4 heteroatoms. The Morgan fingerprint density at radius 3 is 3.00 bits per heavy atom. The Bertz CT molecular complexity index is 442. The molecule has 1 aromatic carbocycles. The van der Waals surface area contributed by atoms with Gasteiger partial charge in [-0.15, -0.1) is 0 Å². The average molecular weight is 231 g/mol. The lowest BCUT2D eigenvalue weighted by Crippen LogP contribution is -2.33. The molecule has 1 aliphatic carbocycles. The Morgan fingerprint density at radius 1 is 1.47 bits per heavy atom. The number of amides is 1. The van der Waals surface area contributed by atoms with E-state index in [2.05, 4.69) is 17.4 Å². The van der Waals surface area contributed by atoms with Gasteiger partial charge in [0.2, 0.25) is 5.91 Å². The molecule has 0 saturated heterocycles. The molecule has 0 radical (unpaired) electrons. The molecule has 1 aromatic rings. The molecule has 2 rings (SSSR count). The van der Waals surface area contributed by atoms with Gasteiger partial charge in [0.15, 0.2) is 0 Å². The van der Waals surface area contributed by atoms with Crippen molar-refractivity contribution in [3.8, 4) is 0 Å². The Balaban J connectivity index is 2.08. The van der Waals surface area contributed by atoms with Crippen molar-refractivity contribution < 1.29 is 4.79 Å². The molecule has 4 N–H and O–H groups in total. The Labute approximate surface area is 101 Å². The number of carbonyl (C=O) groups is 1. The fourth-order valence-electron chi connectivity index (χ4n) is 2.32. The largest absolute Gasteiger partial charge is 0.387 e. The van der Waals surface area contributed by atoms with Crippen molar-refractivity contribution in [1.82, 2.24) is 5.32 Å². The summed E-state index contributed by atoms with van der Waals surface area (Å²) in [6.45, 7) is 0. The predicted octanol–water partition coefficient (Wildman–Crippen LogP) is 1.51. The van der Waals surface area contributed by atoms with Gasteiger partial charge in [-0.2, -0.15) is 0 Å². The van der Waals surface area contributed by atoms with Crippen LogP contribution in [0, 0.1) is 5.41 Å². The highest BCUT2D eigenvalue weighted by molar-refractivity contribution is 5.97. The van der Waals surface area contributed by atoms with Crippen LogP contribution in [-0.2, 0) is 11.2 Å². The van der Waals surface area contributed by atoms with Gasteiger partial charge in [-0.1, -0.05) is 24.3 Å². The minimum atomic E-state index is -0.167. The van der Waals surface area contributed by atoms with E-state index in [4.69, 9.17) is 11.1 Å². The Kier molecular flexibility index (Phi) is 3.42. The van der Waals surface area contributed by atoms with E-state index >= 15 is 0 Å². The van der Waals surface area contributed by atoms with Crippen LogP contribution in [0.15, 0.2) is 24.3 Å². The molecule has 1 unspecified atom stereocenters. The zero-order valence-corrected chi connectivity index (χ0v) is 9.70. The Morgan fingerprint density at radius 2 is 2.24 bits per heavy atom. The second-order valence-electron chi connectivity index (χ2n) is 4.41. The molecule has 4 nitrogen and oxygen atoms in total. The maximum atomic E-state index is 11.6. The van der Waals surface area contributed by atoms with Crippen LogP contribution in [0.1, 0.15) is 36.4 Å². The van der Waals surface area contributed by atoms with Crippen molar-refractivity contribution in [2.24, 2.45) is 5.73 Å². The van der Waals surface area contributed by atoms with Gasteiger partial charge >= 0.3 is 0 Å². The molecule has 1 aliphatic rings. The topological polar surface area (TPSA) is 79.0 Å². The summed E-state index contributed by atoms with van der Waals surface area (Å²) >= 11 is 0. The number of nitrogens with one attached hydrogen (secondary N) is 2. The van der Waals surface area contributed by atoms with Crippen LogP contribution >= 0.6 is 0 Å². The summed E-state index contributed by atoms with van der Waals surface area (Å²) in [5.74, 6) is -0.259. The average Bonchev–Trinajstić information content (AvgIpc) is 2.28. The highest BCUT2D eigenvalue weighted by Crippen LogP contribution is 2.29. The fraction of sp³-hybridized carbons (Fsp3) is 0.385. The van der Waals surface area contributed by atoms with Gasteiger partial charge < -0.3 is 11.1 Å². The molecule has 90 valence electrons. The molecular formula is C13H17N3O. The van der Waals surface area contributed by atoms with E-state index in [-0.39, 0.29) is 24.2 Å². The number of aryl methyl sites for hydroxylation is 1. The molecule has 0 heterocycles. The van der Waals surface area contributed by atoms with Gasteiger partial charge in [0.25, 0.3) is 0 Å². The molecular weight excluding hydrogens is 214 g/mol. The lowest BCUT2D eigenvalue weighted by Gasteiger charge is -2.26. The third kappa shape index (κ3) is 2.84. The molecule has 1 amide bonds. The van der Waals surface area contributed by atoms with E-state index in [1.165, 1.54) is 11.1 Å². The summed E-state index contributed by atoms with van der Waals surface area (Å²) in [7, 11) is 0. The third-order valence-electron chi connectivity index (χ3n) is 3.06. The predicted molar refractivity (Wildman–Crippen MR) is 66.8 cm³/mol. The SMILES string of the molecule is N=C(N)CC(=O)NC1CCCc2ccccc21. The van der Waals surface area contributed by atoms with Crippen LogP contribution in [0.3, 0.4) is 0 Å². The van der Waals surface area contributed by atoms with Crippen LogP contribution < -0.4 is 11.1 Å². The number of hydrogen-bond donors (Lipinski definition) is 3. The van der Waals surface area contributed by atoms with Gasteiger partial charge in [0, 0.05) is 0 Å². The van der Waals surface area contributed by atoms with E-state index in [1.54, 1.807) is 0 Å². The summed E-state index contributed by atoms with van der Waals surface area (Å²) in [6.07, 6.45) is 3.11. The van der Waals surface area contributed by atoms with Crippen molar-refractivity contribution >= 4 is 11.7 Å². The van der Waals surface area contributed by atoms with Crippen LogP contribution in [0.25, 0.3) is 0 Å². The van der Waals surface area contributed by atoms with E-state index < -0.39 is 0 Å². The van der Waals surface area contributed by atoms with E-state index in [1.807, 2.05) is 12.1 Å². The maximum Gasteiger partial charge on any atom is 0.228 e. The monoisotopic (exact) mass is 231 g/mol. The second kappa shape index (κ2) is 4.99. The molecule has 17 heavy (non-hydrogen) atoms. The number of hydrogen-bond acceptors (Lipinski definition) is 2. The second-order valence-corrected chi connectivity index (χ2v) is 4.41. The minimum absolute atomic E-state index is 0.0152. The Hall–Kier alpha value is -1.84. The lowest BCUT2D eigenvalue weighted by atomic mass is 9.87. The van der Waals surface area contributed by atoms with Crippen molar-refractivity contribution in [1.29, 1.82) is 5.41 Å². The standard InChI is InChI=1S/C13H17N3O/c14-12(15)8-13(17)16-11-7-3-5-9-4-1-2-6-10(9)11/h1-2,4,6,11H,3,5,7-8H2,(H3,14,15)(H,16,17). The number of rotatable bonds is 3. The molecule has 0 fully saturated rings. The summed E-state index contributed by atoms with van der Waals surface area (Å²) < 4.78 is 0. The van der Waals surface area contributed by atoms with Gasteiger partial charge in [-0.3, -0.25) is 10.2 Å². The third-order valence-corrected chi connectivity index (χ3v) is 3.06. The van der Waals surface area contributed by atoms with Gasteiger partial charge in [-0.25, -0.2) is 0 Å². The quantitative estimate of drug-likeness (QED) is 0.544. The molecule has 0 bridgehead atoms. The highest BCUT2D eigenvalue weighted by Gasteiger charge is 2.21. The molecule has 0 aromatic heterocycles. The van der Waals surface area contributed by atoms with Crippen molar-refractivity contribution in [2.45, 2.75) is 31.7 Å². The van der Waals surface area contributed by atoms with Crippen LogP contribution in [-0.4, -0.2) is 11.7 Å². The van der Waals surface area contributed by atoms with Crippen molar-refractivity contribution in [2.75, 3.05) is 0 Å². The van der Waals surface area contributed by atoms with E-state index in [0.29, 0.717) is 0 Å². The first-order valence-electron chi connectivity index (χ1n) is 5.87. The summed E-state index contributed by atoms with van der Waals surface area (Å²) in [5.41, 5.74) is 7.73. The number of fused-ring (bicyclic) bond motifs is 1. The molecule has 0 saturated carbocycles. The first-order chi connectivity index (χ1) is 8.16.